The van der Waals surface area contributed by atoms with Crippen LogP contribution in [0.15, 0.2) is 18.3 Å². The van der Waals surface area contributed by atoms with Gasteiger partial charge in [-0.3, -0.25) is 4.79 Å². The molecule has 1 aliphatic rings. The first kappa shape index (κ1) is 13.3. The molecule has 5 heteroatoms. The Labute approximate surface area is 112 Å². The summed E-state index contributed by atoms with van der Waals surface area (Å²) in [5, 5.41) is 3.87. The predicted octanol–water partition coefficient (Wildman–Crippen LogP) is 1.81. The number of pyridine rings is 1. The monoisotopic (exact) mass is 267 g/mol. The molecule has 0 spiro atoms. The zero-order valence-corrected chi connectivity index (χ0v) is 11.3. The quantitative estimate of drug-likeness (QED) is 0.908. The van der Waals surface area contributed by atoms with Gasteiger partial charge in [0.25, 0.3) is 5.91 Å². The number of piperidine rings is 1. The smallest absolute Gasteiger partial charge is 0.272 e. The summed E-state index contributed by atoms with van der Waals surface area (Å²) in [6, 6.07) is 3.36. The van der Waals surface area contributed by atoms with Gasteiger partial charge in [0.2, 0.25) is 0 Å². The van der Waals surface area contributed by atoms with E-state index in [9.17, 15) is 4.79 Å². The molecule has 1 fully saturated rings. The molecule has 1 aromatic rings. The summed E-state index contributed by atoms with van der Waals surface area (Å²) in [6.45, 7) is 2.89. The zero-order chi connectivity index (χ0) is 13.0. The van der Waals surface area contributed by atoms with Gasteiger partial charge < -0.3 is 10.2 Å². The fourth-order valence-electron chi connectivity index (χ4n) is 2.23. The lowest BCUT2D eigenvalue weighted by Gasteiger charge is -2.27. The first-order chi connectivity index (χ1) is 8.66. The van der Waals surface area contributed by atoms with Crippen LogP contribution in [-0.2, 0) is 0 Å². The van der Waals surface area contributed by atoms with Crippen LogP contribution in [0.5, 0.6) is 0 Å². The van der Waals surface area contributed by atoms with E-state index in [2.05, 4.69) is 10.3 Å². The average Bonchev–Trinajstić information content (AvgIpc) is 2.40. The maximum Gasteiger partial charge on any atom is 0.272 e. The second-order valence-electron chi connectivity index (χ2n) is 4.74. The number of carbonyl (C=O) groups excluding carboxylic acids is 1. The number of hydrogen-bond acceptors (Lipinski definition) is 3. The van der Waals surface area contributed by atoms with E-state index in [1.54, 1.807) is 17.0 Å². The third-order valence-corrected chi connectivity index (χ3v) is 3.51. The van der Waals surface area contributed by atoms with Gasteiger partial charge in [-0.15, -0.1) is 0 Å². The van der Waals surface area contributed by atoms with Gasteiger partial charge in [0.05, 0.1) is 5.02 Å². The van der Waals surface area contributed by atoms with Gasteiger partial charge in [-0.2, -0.15) is 0 Å². The topological polar surface area (TPSA) is 45.2 Å². The maximum absolute atomic E-state index is 12.1. The molecule has 2 rings (SSSR count). The van der Waals surface area contributed by atoms with Gasteiger partial charge in [-0.25, -0.2) is 4.98 Å². The minimum atomic E-state index is -0.0369. The van der Waals surface area contributed by atoms with Crippen molar-refractivity contribution in [3.8, 4) is 0 Å². The molecular formula is C13H18ClN3O. The number of halogens is 1. The van der Waals surface area contributed by atoms with Gasteiger partial charge in [0.15, 0.2) is 0 Å². The largest absolute Gasteiger partial charge is 0.340 e. The van der Waals surface area contributed by atoms with E-state index < -0.39 is 0 Å². The molecule has 1 N–H and O–H groups in total. The number of aromatic nitrogens is 1. The van der Waals surface area contributed by atoms with Crippen LogP contribution >= 0.6 is 11.6 Å². The van der Waals surface area contributed by atoms with E-state index in [0.29, 0.717) is 16.6 Å². The molecule has 0 bridgehead atoms. The van der Waals surface area contributed by atoms with Crippen LogP contribution in [0.25, 0.3) is 0 Å². The summed E-state index contributed by atoms with van der Waals surface area (Å²) in [7, 11) is 1.83. The molecule has 0 saturated carbocycles. The summed E-state index contributed by atoms with van der Waals surface area (Å²) >= 11 is 5.76. The van der Waals surface area contributed by atoms with E-state index in [1.165, 1.54) is 6.20 Å². The summed E-state index contributed by atoms with van der Waals surface area (Å²) < 4.78 is 0. The minimum Gasteiger partial charge on any atom is -0.340 e. The molecule has 0 atom stereocenters. The zero-order valence-electron chi connectivity index (χ0n) is 10.5. The van der Waals surface area contributed by atoms with Crippen LogP contribution in [0.2, 0.25) is 5.02 Å². The van der Waals surface area contributed by atoms with E-state index in [1.807, 2.05) is 7.05 Å². The highest BCUT2D eigenvalue weighted by molar-refractivity contribution is 6.30. The molecule has 0 aromatic carbocycles. The van der Waals surface area contributed by atoms with Gasteiger partial charge >= 0.3 is 0 Å². The number of nitrogens with one attached hydrogen (secondary N) is 1. The Morgan fingerprint density at radius 3 is 2.83 bits per heavy atom. The fraction of sp³-hybridized carbons (Fsp3) is 0.538. The Morgan fingerprint density at radius 2 is 2.22 bits per heavy atom. The Hall–Kier alpha value is -1.13. The SMILES string of the molecule is CN(CC1CCNCC1)C(=O)c1ccc(Cl)cn1. The summed E-state index contributed by atoms with van der Waals surface area (Å²) in [5.41, 5.74) is 0.454. The van der Waals surface area contributed by atoms with E-state index >= 15 is 0 Å². The summed E-state index contributed by atoms with van der Waals surface area (Å²) in [6.07, 6.45) is 3.77. The predicted molar refractivity (Wildman–Crippen MR) is 71.8 cm³/mol. The standard InChI is InChI=1S/C13H18ClN3O/c1-17(9-10-4-6-15-7-5-10)13(18)12-3-2-11(14)8-16-12/h2-3,8,10,15H,4-7,9H2,1H3. The van der Waals surface area contributed by atoms with Gasteiger partial charge in [0.1, 0.15) is 5.69 Å². The van der Waals surface area contributed by atoms with Gasteiger partial charge in [-0.1, -0.05) is 11.6 Å². The highest BCUT2D eigenvalue weighted by Crippen LogP contribution is 2.14. The lowest BCUT2D eigenvalue weighted by molar-refractivity contribution is 0.0757. The lowest BCUT2D eigenvalue weighted by Crippen LogP contribution is -2.37. The van der Waals surface area contributed by atoms with Gasteiger partial charge in [0, 0.05) is 19.8 Å². The lowest BCUT2D eigenvalue weighted by atomic mass is 9.97. The van der Waals surface area contributed by atoms with Crippen molar-refractivity contribution in [1.82, 2.24) is 15.2 Å². The number of carbonyl (C=O) groups is 1. The van der Waals surface area contributed by atoms with E-state index in [4.69, 9.17) is 11.6 Å². The Balaban J connectivity index is 1.93. The van der Waals surface area contributed by atoms with Gasteiger partial charge in [-0.05, 0) is 44.0 Å². The van der Waals surface area contributed by atoms with Crippen molar-refractivity contribution in [3.63, 3.8) is 0 Å². The van der Waals surface area contributed by atoms with Crippen molar-refractivity contribution in [2.45, 2.75) is 12.8 Å². The first-order valence-electron chi connectivity index (χ1n) is 6.24. The van der Waals surface area contributed by atoms with Crippen molar-refractivity contribution in [3.05, 3.63) is 29.0 Å². The number of hydrogen-bond donors (Lipinski definition) is 1. The van der Waals surface area contributed by atoms with Crippen LogP contribution < -0.4 is 5.32 Å². The van der Waals surface area contributed by atoms with Crippen molar-refractivity contribution >= 4 is 17.5 Å². The van der Waals surface area contributed by atoms with Crippen LogP contribution in [-0.4, -0.2) is 42.5 Å². The van der Waals surface area contributed by atoms with Crippen LogP contribution in [0.4, 0.5) is 0 Å². The molecule has 4 nitrogen and oxygen atoms in total. The molecule has 1 saturated heterocycles. The highest BCUT2D eigenvalue weighted by atomic mass is 35.5. The van der Waals surface area contributed by atoms with Crippen molar-refractivity contribution in [2.75, 3.05) is 26.7 Å². The molecule has 18 heavy (non-hydrogen) atoms. The normalized spacial score (nSPS) is 16.6. The van der Waals surface area contributed by atoms with E-state index in [0.717, 1.165) is 32.5 Å². The molecular weight excluding hydrogens is 250 g/mol. The number of amides is 1. The Morgan fingerprint density at radius 1 is 1.50 bits per heavy atom. The number of rotatable bonds is 3. The molecule has 0 radical (unpaired) electrons. The van der Waals surface area contributed by atoms with E-state index in [-0.39, 0.29) is 5.91 Å². The minimum absolute atomic E-state index is 0.0369. The second kappa shape index (κ2) is 6.16. The third-order valence-electron chi connectivity index (χ3n) is 3.28. The Kier molecular flexibility index (Phi) is 4.55. The maximum atomic E-state index is 12.1. The van der Waals surface area contributed by atoms with Crippen LogP contribution in [0.3, 0.4) is 0 Å². The molecule has 2 heterocycles. The molecule has 98 valence electrons. The summed E-state index contributed by atoms with van der Waals surface area (Å²) in [5.74, 6) is 0.553. The van der Waals surface area contributed by atoms with Crippen molar-refractivity contribution in [1.29, 1.82) is 0 Å². The molecule has 1 amide bonds. The first-order valence-corrected chi connectivity index (χ1v) is 6.62. The highest BCUT2D eigenvalue weighted by Gasteiger charge is 2.19. The Bertz CT molecular complexity index is 401. The summed E-state index contributed by atoms with van der Waals surface area (Å²) in [4.78, 5) is 17.9. The molecule has 0 unspecified atom stereocenters. The van der Waals surface area contributed by atoms with Crippen molar-refractivity contribution in [2.24, 2.45) is 5.92 Å². The molecule has 1 aromatic heterocycles. The molecule has 1 aliphatic heterocycles. The average molecular weight is 268 g/mol. The molecule has 0 aliphatic carbocycles. The van der Waals surface area contributed by atoms with Crippen LogP contribution in [0, 0.1) is 5.92 Å². The third kappa shape index (κ3) is 3.43. The van der Waals surface area contributed by atoms with Crippen LogP contribution in [0.1, 0.15) is 23.3 Å². The second-order valence-corrected chi connectivity index (χ2v) is 5.18. The fourth-order valence-corrected chi connectivity index (χ4v) is 2.34. The van der Waals surface area contributed by atoms with Crippen molar-refractivity contribution < 1.29 is 4.79 Å². The number of nitrogens with zero attached hydrogens (tertiary/aromatic N) is 2.